The first-order valence-electron chi connectivity index (χ1n) is 8.65. The molecule has 6 heteroatoms. The van der Waals surface area contributed by atoms with E-state index < -0.39 is 5.67 Å². The van der Waals surface area contributed by atoms with Crippen LogP contribution in [0.25, 0.3) is 6.08 Å². The van der Waals surface area contributed by atoms with Crippen molar-refractivity contribution in [2.24, 2.45) is 5.92 Å². The minimum Gasteiger partial charge on any atom is -0.493 e. The Morgan fingerprint density at radius 3 is 2.68 bits per heavy atom. The lowest BCUT2D eigenvalue weighted by molar-refractivity contribution is -0.111. The van der Waals surface area contributed by atoms with Crippen LogP contribution in [0, 0.1) is 5.92 Å². The Morgan fingerprint density at radius 1 is 1.48 bits per heavy atom. The summed E-state index contributed by atoms with van der Waals surface area (Å²) in [5, 5.41) is 2.51. The van der Waals surface area contributed by atoms with Gasteiger partial charge in [-0.25, -0.2) is 14.4 Å². The lowest BCUT2D eigenvalue weighted by Crippen LogP contribution is -2.25. The molecule has 0 saturated heterocycles. The first kappa shape index (κ1) is 20.8. The fourth-order valence-corrected chi connectivity index (χ4v) is 2.54. The van der Waals surface area contributed by atoms with Crippen LogP contribution in [0.5, 0.6) is 5.75 Å². The fourth-order valence-electron chi connectivity index (χ4n) is 2.54. The van der Waals surface area contributed by atoms with Gasteiger partial charge in [-0.3, -0.25) is 10.1 Å². The number of hydrogen-bond acceptors (Lipinski definition) is 4. The molecule has 0 bridgehead atoms. The number of carbonyl (C=O) groups excluding carboxylic acids is 1. The number of aromatic nitrogens is 2. The molecule has 0 spiro atoms. The molecule has 1 amide bonds. The van der Waals surface area contributed by atoms with E-state index in [0.717, 1.165) is 18.9 Å². The van der Waals surface area contributed by atoms with Gasteiger partial charge < -0.3 is 4.74 Å². The highest BCUT2D eigenvalue weighted by atomic mass is 19.1. The van der Waals surface area contributed by atoms with Crippen molar-refractivity contribution in [1.29, 1.82) is 0 Å². The zero-order chi connectivity index (χ0) is 18.9. The predicted octanol–water partition coefficient (Wildman–Crippen LogP) is 4.81. The van der Waals surface area contributed by atoms with Gasteiger partial charge in [0.25, 0.3) is 0 Å². The molecule has 1 heterocycles. The van der Waals surface area contributed by atoms with Crippen LogP contribution in [0.15, 0.2) is 24.9 Å². The van der Waals surface area contributed by atoms with Gasteiger partial charge in [-0.2, -0.15) is 0 Å². The van der Waals surface area contributed by atoms with Crippen molar-refractivity contribution in [3.05, 3.63) is 30.6 Å². The number of alkyl halides is 1. The molecule has 1 N–H and O–H groups in total. The van der Waals surface area contributed by atoms with E-state index in [1.54, 1.807) is 6.92 Å². The highest BCUT2D eigenvalue weighted by molar-refractivity contribution is 5.97. The third-order valence-corrected chi connectivity index (χ3v) is 4.02. The first-order chi connectivity index (χ1) is 11.9. The molecular formula is C19H30FN3O2. The molecule has 1 fully saturated rings. The van der Waals surface area contributed by atoms with Crippen LogP contribution in [-0.2, 0) is 4.79 Å². The second-order valence-corrected chi connectivity index (χ2v) is 5.95. The summed E-state index contributed by atoms with van der Waals surface area (Å²) in [7, 11) is 1.53. The van der Waals surface area contributed by atoms with E-state index in [1.165, 1.54) is 13.3 Å². The molecule has 1 aliphatic carbocycles. The predicted molar refractivity (Wildman–Crippen MR) is 101 cm³/mol. The molecule has 0 unspecified atom stereocenters. The van der Waals surface area contributed by atoms with Crippen molar-refractivity contribution >= 4 is 17.9 Å². The summed E-state index contributed by atoms with van der Waals surface area (Å²) in [6.45, 7) is 9.05. The number of allylic oxidation sites excluding steroid dienone is 1. The van der Waals surface area contributed by atoms with Gasteiger partial charge in [0.05, 0.1) is 13.3 Å². The molecule has 2 rings (SSSR count). The number of carbonyl (C=O) groups is 1. The average molecular weight is 351 g/mol. The van der Waals surface area contributed by atoms with Crippen molar-refractivity contribution in [1.82, 2.24) is 9.97 Å². The van der Waals surface area contributed by atoms with Gasteiger partial charge >= 0.3 is 0 Å². The van der Waals surface area contributed by atoms with Crippen LogP contribution in [0.1, 0.15) is 53.6 Å². The number of nitrogens with one attached hydrogen (secondary N) is 1. The summed E-state index contributed by atoms with van der Waals surface area (Å²) in [5.74, 6) is 0.656. The van der Waals surface area contributed by atoms with Crippen molar-refractivity contribution in [2.75, 3.05) is 12.4 Å². The second kappa shape index (κ2) is 9.91. The molecule has 1 saturated carbocycles. The Kier molecular flexibility index (Phi) is 8.25. The fraction of sp³-hybridized carbons (Fsp3) is 0.526. The molecule has 25 heavy (non-hydrogen) atoms. The third-order valence-electron chi connectivity index (χ3n) is 4.02. The van der Waals surface area contributed by atoms with Crippen LogP contribution in [-0.4, -0.2) is 28.7 Å². The number of nitrogens with zero attached hydrogens (tertiary/aromatic N) is 2. The van der Waals surface area contributed by atoms with Crippen molar-refractivity contribution in [2.45, 2.75) is 52.1 Å². The molecule has 0 aromatic carbocycles. The summed E-state index contributed by atoms with van der Waals surface area (Å²) in [6, 6.07) is 0. The summed E-state index contributed by atoms with van der Waals surface area (Å²) < 4.78 is 19.1. The topological polar surface area (TPSA) is 64.1 Å². The number of amides is 1. The molecular weight excluding hydrogens is 321 g/mol. The minimum absolute atomic E-state index is 0. The van der Waals surface area contributed by atoms with Crippen molar-refractivity contribution in [3.8, 4) is 5.75 Å². The normalized spacial score (nSPS) is 22.7. The zero-order valence-corrected chi connectivity index (χ0v) is 15.5. The zero-order valence-electron chi connectivity index (χ0n) is 15.5. The smallest absolute Gasteiger partial charge is 0.250 e. The standard InChI is InChI=1S/C17H22FN3O2.C2H6.H2/c1-4-15(22)21-16-19-11-14(23-3)13(20-16)6-5-12-7-9-17(2,18)10-8-12;1-2;/h4-6,11-12H,1,7-10H2,2-3H3,(H,19,20,21,22);1-2H3;1H/b6-5+;;. The second-order valence-electron chi connectivity index (χ2n) is 5.95. The van der Waals surface area contributed by atoms with Gasteiger partial charge in [-0.15, -0.1) is 0 Å². The average Bonchev–Trinajstić information content (AvgIpc) is 2.62. The molecule has 0 radical (unpaired) electrons. The van der Waals surface area contributed by atoms with Crippen LogP contribution < -0.4 is 10.1 Å². The third kappa shape index (κ3) is 6.64. The SMILES string of the molecule is C=CC(=O)Nc1ncc(OC)c(/C=C/C2CCC(C)(F)CC2)n1.CC.[HH]. The van der Waals surface area contributed by atoms with Gasteiger partial charge in [0.15, 0.2) is 5.75 Å². The summed E-state index contributed by atoms with van der Waals surface area (Å²) in [4.78, 5) is 19.6. The van der Waals surface area contributed by atoms with E-state index in [2.05, 4.69) is 21.9 Å². The van der Waals surface area contributed by atoms with Crippen LogP contribution in [0.4, 0.5) is 10.3 Å². The molecule has 1 aliphatic rings. The lowest BCUT2D eigenvalue weighted by atomic mass is 9.81. The maximum Gasteiger partial charge on any atom is 0.250 e. The molecule has 5 nitrogen and oxygen atoms in total. The van der Waals surface area contributed by atoms with E-state index in [9.17, 15) is 9.18 Å². The lowest BCUT2D eigenvalue weighted by Gasteiger charge is -2.29. The van der Waals surface area contributed by atoms with Gasteiger partial charge in [-0.1, -0.05) is 26.5 Å². The largest absolute Gasteiger partial charge is 0.493 e. The van der Waals surface area contributed by atoms with Crippen LogP contribution >= 0.6 is 0 Å². The molecule has 140 valence electrons. The highest BCUT2D eigenvalue weighted by Crippen LogP contribution is 2.35. The number of halogens is 1. The summed E-state index contributed by atoms with van der Waals surface area (Å²) in [6.07, 6.45) is 9.31. The van der Waals surface area contributed by atoms with Crippen molar-refractivity contribution < 1.29 is 15.3 Å². The van der Waals surface area contributed by atoms with Crippen molar-refractivity contribution in [3.63, 3.8) is 0 Å². The van der Waals surface area contributed by atoms with E-state index in [1.807, 2.05) is 26.0 Å². The van der Waals surface area contributed by atoms with Crippen LogP contribution in [0.3, 0.4) is 0 Å². The van der Waals surface area contributed by atoms with Gasteiger partial charge in [-0.05, 0) is 50.7 Å². The summed E-state index contributed by atoms with van der Waals surface area (Å²) >= 11 is 0. The van der Waals surface area contributed by atoms with Crippen LogP contribution in [0.2, 0.25) is 0 Å². The first-order valence-corrected chi connectivity index (χ1v) is 8.65. The Labute approximate surface area is 150 Å². The molecule has 0 aliphatic heterocycles. The minimum atomic E-state index is -1.04. The van der Waals surface area contributed by atoms with E-state index in [0.29, 0.717) is 30.2 Å². The number of rotatable bonds is 5. The quantitative estimate of drug-likeness (QED) is 0.773. The van der Waals surface area contributed by atoms with E-state index in [4.69, 9.17) is 4.74 Å². The van der Waals surface area contributed by atoms with Gasteiger partial charge in [0.1, 0.15) is 11.4 Å². The maximum absolute atomic E-state index is 13.8. The molecule has 1 aromatic rings. The number of hydrogen-bond donors (Lipinski definition) is 1. The van der Waals surface area contributed by atoms with E-state index >= 15 is 0 Å². The Balaban J connectivity index is 0.00000201. The summed E-state index contributed by atoms with van der Waals surface area (Å²) in [5.41, 5.74) is -0.463. The maximum atomic E-state index is 13.8. The highest BCUT2D eigenvalue weighted by Gasteiger charge is 2.29. The number of ether oxygens (including phenoxy) is 1. The monoisotopic (exact) mass is 351 g/mol. The molecule has 0 atom stereocenters. The number of methoxy groups -OCH3 is 1. The van der Waals surface area contributed by atoms with Gasteiger partial charge in [0, 0.05) is 1.43 Å². The Morgan fingerprint density at radius 2 is 2.12 bits per heavy atom. The number of anilines is 1. The molecule has 1 aromatic heterocycles. The van der Waals surface area contributed by atoms with E-state index in [-0.39, 0.29) is 13.3 Å². The Bertz CT molecular complexity index is 611. The Hall–Kier alpha value is -2.24. The van der Waals surface area contributed by atoms with Gasteiger partial charge in [0.2, 0.25) is 11.9 Å².